The SMILES string of the molecule is O=C(/C(=C\c1ccc([N+](=O)[O-])cc1)S(=O)Cc1ccc(Cl)cc1)c1ccc(Cl)cc1. The molecule has 3 rings (SSSR count). The third-order valence-electron chi connectivity index (χ3n) is 4.19. The lowest BCUT2D eigenvalue weighted by Crippen LogP contribution is -2.10. The highest BCUT2D eigenvalue weighted by Gasteiger charge is 2.19. The van der Waals surface area contributed by atoms with Crippen molar-refractivity contribution in [1.29, 1.82) is 0 Å². The molecular formula is C22H15Cl2NO4S. The number of rotatable bonds is 7. The van der Waals surface area contributed by atoms with Crippen LogP contribution in [0.1, 0.15) is 21.5 Å². The van der Waals surface area contributed by atoms with E-state index in [1.54, 1.807) is 48.5 Å². The molecule has 0 N–H and O–H groups in total. The van der Waals surface area contributed by atoms with Gasteiger partial charge in [0.15, 0.2) is 0 Å². The highest BCUT2D eigenvalue weighted by atomic mass is 35.5. The van der Waals surface area contributed by atoms with Crippen LogP contribution >= 0.6 is 23.2 Å². The number of hydrogen-bond donors (Lipinski definition) is 0. The molecule has 5 nitrogen and oxygen atoms in total. The maximum Gasteiger partial charge on any atom is 0.269 e. The second kappa shape index (κ2) is 9.80. The Balaban J connectivity index is 1.97. The lowest BCUT2D eigenvalue weighted by molar-refractivity contribution is -0.384. The molecule has 0 aliphatic heterocycles. The molecule has 0 saturated heterocycles. The molecule has 8 heteroatoms. The van der Waals surface area contributed by atoms with Gasteiger partial charge < -0.3 is 0 Å². The lowest BCUT2D eigenvalue weighted by Gasteiger charge is -2.09. The highest BCUT2D eigenvalue weighted by molar-refractivity contribution is 7.89. The van der Waals surface area contributed by atoms with Crippen molar-refractivity contribution in [3.05, 3.63) is 115 Å². The van der Waals surface area contributed by atoms with Gasteiger partial charge in [-0.1, -0.05) is 35.3 Å². The van der Waals surface area contributed by atoms with Crippen molar-refractivity contribution in [3.63, 3.8) is 0 Å². The van der Waals surface area contributed by atoms with E-state index in [1.165, 1.54) is 30.3 Å². The van der Waals surface area contributed by atoms with Gasteiger partial charge in [0, 0.05) is 27.7 Å². The minimum Gasteiger partial charge on any atom is -0.288 e. The predicted octanol–water partition coefficient (Wildman–Crippen LogP) is 6.07. The van der Waals surface area contributed by atoms with Crippen LogP contribution in [0.3, 0.4) is 0 Å². The number of carbonyl (C=O) groups is 1. The summed E-state index contributed by atoms with van der Waals surface area (Å²) < 4.78 is 13.1. The molecule has 0 aliphatic rings. The van der Waals surface area contributed by atoms with Gasteiger partial charge >= 0.3 is 0 Å². The van der Waals surface area contributed by atoms with Crippen molar-refractivity contribution < 1.29 is 13.9 Å². The van der Waals surface area contributed by atoms with Gasteiger partial charge in [-0.05, 0) is 65.7 Å². The number of Topliss-reactive ketones (excluding diaryl/α,β-unsaturated/α-hetero) is 1. The fraction of sp³-hybridized carbons (Fsp3) is 0.0455. The highest BCUT2D eigenvalue weighted by Crippen LogP contribution is 2.22. The van der Waals surface area contributed by atoms with Crippen LogP contribution in [0.15, 0.2) is 77.7 Å². The van der Waals surface area contributed by atoms with Gasteiger partial charge in [0.1, 0.15) is 0 Å². The summed E-state index contributed by atoms with van der Waals surface area (Å²) in [6.07, 6.45) is 1.49. The quantitative estimate of drug-likeness (QED) is 0.186. The van der Waals surface area contributed by atoms with Crippen LogP contribution < -0.4 is 0 Å². The molecule has 3 aromatic carbocycles. The molecule has 0 heterocycles. The molecule has 3 aromatic rings. The van der Waals surface area contributed by atoms with Crippen LogP contribution in [0.5, 0.6) is 0 Å². The van der Waals surface area contributed by atoms with Crippen LogP contribution in [-0.4, -0.2) is 14.9 Å². The normalized spacial score (nSPS) is 12.4. The number of ketones is 1. The first-order valence-electron chi connectivity index (χ1n) is 8.73. The number of hydrogen-bond acceptors (Lipinski definition) is 4. The first-order valence-corrected chi connectivity index (χ1v) is 10.8. The number of carbonyl (C=O) groups excluding carboxylic acids is 1. The van der Waals surface area contributed by atoms with E-state index in [2.05, 4.69) is 0 Å². The van der Waals surface area contributed by atoms with E-state index < -0.39 is 21.5 Å². The molecule has 0 fully saturated rings. The summed E-state index contributed by atoms with van der Waals surface area (Å²) >= 11 is 11.8. The second-order valence-electron chi connectivity index (χ2n) is 6.31. The molecule has 0 bridgehead atoms. The summed E-state index contributed by atoms with van der Waals surface area (Å²) in [5.41, 5.74) is 1.57. The van der Waals surface area contributed by atoms with Crippen LogP contribution in [0.4, 0.5) is 5.69 Å². The van der Waals surface area contributed by atoms with E-state index in [1.807, 2.05) is 0 Å². The number of nitrogens with zero attached hydrogens (tertiary/aromatic N) is 1. The largest absolute Gasteiger partial charge is 0.288 e. The molecule has 1 unspecified atom stereocenters. The van der Waals surface area contributed by atoms with E-state index in [-0.39, 0.29) is 16.3 Å². The van der Waals surface area contributed by atoms with Gasteiger partial charge in [0.05, 0.1) is 26.4 Å². The van der Waals surface area contributed by atoms with Crippen LogP contribution in [0.2, 0.25) is 10.0 Å². The average Bonchev–Trinajstić information content (AvgIpc) is 2.74. The fourth-order valence-corrected chi connectivity index (χ4v) is 4.13. The van der Waals surface area contributed by atoms with E-state index in [9.17, 15) is 19.1 Å². The van der Waals surface area contributed by atoms with Crippen molar-refractivity contribution in [2.45, 2.75) is 5.75 Å². The number of nitro groups is 1. The van der Waals surface area contributed by atoms with Gasteiger partial charge in [-0.25, -0.2) is 0 Å². The van der Waals surface area contributed by atoms with Crippen molar-refractivity contribution >= 4 is 51.5 Å². The molecule has 0 aliphatic carbocycles. The second-order valence-corrected chi connectivity index (χ2v) is 8.60. The predicted molar refractivity (Wildman–Crippen MR) is 120 cm³/mol. The first kappa shape index (κ1) is 21.9. The topological polar surface area (TPSA) is 77.3 Å². The molecule has 0 aromatic heterocycles. The zero-order valence-electron chi connectivity index (χ0n) is 15.5. The van der Waals surface area contributed by atoms with E-state index in [4.69, 9.17) is 23.2 Å². The zero-order chi connectivity index (χ0) is 21.7. The minimum atomic E-state index is -1.66. The molecule has 0 amide bonds. The Kier molecular flexibility index (Phi) is 7.15. The summed E-state index contributed by atoms with van der Waals surface area (Å²) in [7, 11) is -1.66. The Bertz CT molecular complexity index is 1130. The summed E-state index contributed by atoms with van der Waals surface area (Å²) in [5, 5.41) is 11.9. The summed E-state index contributed by atoms with van der Waals surface area (Å²) in [6, 6.07) is 18.8. The fourth-order valence-electron chi connectivity index (χ4n) is 2.63. The summed E-state index contributed by atoms with van der Waals surface area (Å²) in [5.74, 6) is -0.285. The van der Waals surface area contributed by atoms with Crippen molar-refractivity contribution in [3.8, 4) is 0 Å². The third-order valence-corrected chi connectivity index (χ3v) is 6.08. The Morgan fingerprint density at radius 2 is 1.43 bits per heavy atom. The molecule has 1 atom stereocenters. The van der Waals surface area contributed by atoms with Crippen molar-refractivity contribution in [2.24, 2.45) is 0 Å². The van der Waals surface area contributed by atoms with Gasteiger partial charge in [0.25, 0.3) is 5.69 Å². The molecule has 30 heavy (non-hydrogen) atoms. The van der Waals surface area contributed by atoms with Crippen molar-refractivity contribution in [1.82, 2.24) is 0 Å². The van der Waals surface area contributed by atoms with E-state index >= 15 is 0 Å². The lowest BCUT2D eigenvalue weighted by atomic mass is 10.1. The van der Waals surface area contributed by atoms with Gasteiger partial charge in [-0.2, -0.15) is 0 Å². The number of halogens is 2. The number of benzene rings is 3. The van der Waals surface area contributed by atoms with Gasteiger partial charge in [-0.15, -0.1) is 0 Å². The van der Waals surface area contributed by atoms with Crippen LogP contribution in [-0.2, 0) is 16.6 Å². The standard InChI is InChI=1S/C22H15Cl2NO4S/c23-18-7-1-16(2-8-18)14-30(29)21(22(26)17-5-9-19(24)10-6-17)13-15-3-11-20(12-4-15)25(27)28/h1-13H,14H2/b21-13+. The Morgan fingerprint density at radius 3 is 1.97 bits per heavy atom. The molecular weight excluding hydrogens is 445 g/mol. The maximum absolute atomic E-state index is 13.1. The first-order chi connectivity index (χ1) is 14.3. The third kappa shape index (κ3) is 5.63. The Labute approximate surface area is 185 Å². The number of allylic oxidation sites excluding steroid dienone is 1. The summed E-state index contributed by atoms with van der Waals surface area (Å²) in [6.45, 7) is 0. The van der Waals surface area contributed by atoms with E-state index in [0.29, 0.717) is 21.2 Å². The van der Waals surface area contributed by atoms with Crippen LogP contribution in [0.25, 0.3) is 6.08 Å². The van der Waals surface area contributed by atoms with E-state index in [0.717, 1.165) is 5.56 Å². The average molecular weight is 460 g/mol. The monoisotopic (exact) mass is 459 g/mol. The summed E-state index contributed by atoms with van der Waals surface area (Å²) in [4.78, 5) is 23.5. The Hall–Kier alpha value is -2.80. The number of non-ortho nitro benzene ring substituents is 1. The smallest absolute Gasteiger partial charge is 0.269 e. The molecule has 0 saturated carbocycles. The molecule has 152 valence electrons. The minimum absolute atomic E-state index is 0.0694. The Morgan fingerprint density at radius 1 is 0.900 bits per heavy atom. The maximum atomic E-state index is 13.1. The van der Waals surface area contributed by atoms with Gasteiger partial charge in [-0.3, -0.25) is 19.1 Å². The molecule has 0 radical (unpaired) electrons. The van der Waals surface area contributed by atoms with Crippen LogP contribution in [0, 0.1) is 10.1 Å². The molecule has 0 spiro atoms. The van der Waals surface area contributed by atoms with Crippen molar-refractivity contribution in [2.75, 3.05) is 0 Å². The van der Waals surface area contributed by atoms with Gasteiger partial charge in [0.2, 0.25) is 5.78 Å². The zero-order valence-corrected chi connectivity index (χ0v) is 17.8. The number of nitro benzene ring substituents is 1.